The maximum Gasteiger partial charge on any atom is 0.304 e. The van der Waals surface area contributed by atoms with Crippen molar-refractivity contribution in [1.29, 1.82) is 0 Å². The van der Waals surface area contributed by atoms with Crippen molar-refractivity contribution in [3.05, 3.63) is 23.4 Å². The molecule has 20 heavy (non-hydrogen) atoms. The van der Waals surface area contributed by atoms with Crippen LogP contribution < -0.4 is 0 Å². The van der Waals surface area contributed by atoms with Crippen molar-refractivity contribution in [2.75, 3.05) is 20.1 Å². The van der Waals surface area contributed by atoms with Crippen LogP contribution in [0.3, 0.4) is 0 Å². The average molecular weight is 295 g/mol. The van der Waals surface area contributed by atoms with E-state index in [2.05, 4.69) is 10.1 Å². The van der Waals surface area contributed by atoms with Crippen LogP contribution in [0.4, 0.5) is 0 Å². The van der Waals surface area contributed by atoms with Crippen molar-refractivity contribution in [3.8, 4) is 10.7 Å². The molecule has 0 aliphatic heterocycles. The van der Waals surface area contributed by atoms with Gasteiger partial charge in [0, 0.05) is 13.0 Å². The molecule has 0 spiro atoms. The SMILES string of the molecule is CN(CCCc1nc(-c2cccs2)no1)CCC(=O)O. The van der Waals surface area contributed by atoms with Crippen molar-refractivity contribution in [2.24, 2.45) is 0 Å². The molecule has 2 aromatic heterocycles. The van der Waals surface area contributed by atoms with Gasteiger partial charge in [-0.25, -0.2) is 0 Å². The zero-order valence-electron chi connectivity index (χ0n) is 11.3. The third-order valence-corrected chi connectivity index (χ3v) is 3.71. The van der Waals surface area contributed by atoms with E-state index in [0.717, 1.165) is 17.8 Å². The monoisotopic (exact) mass is 295 g/mol. The minimum Gasteiger partial charge on any atom is -0.481 e. The van der Waals surface area contributed by atoms with Gasteiger partial charge in [-0.3, -0.25) is 4.79 Å². The van der Waals surface area contributed by atoms with Gasteiger partial charge in [-0.15, -0.1) is 11.3 Å². The molecule has 0 saturated heterocycles. The fourth-order valence-corrected chi connectivity index (χ4v) is 2.41. The lowest BCUT2D eigenvalue weighted by Crippen LogP contribution is -2.23. The molecule has 7 heteroatoms. The number of carboxylic acid groups (broad SMARTS) is 1. The van der Waals surface area contributed by atoms with E-state index in [1.54, 1.807) is 11.3 Å². The Labute approximate surface area is 121 Å². The van der Waals surface area contributed by atoms with Crippen LogP contribution in [0.2, 0.25) is 0 Å². The van der Waals surface area contributed by atoms with Crippen molar-refractivity contribution in [1.82, 2.24) is 15.0 Å². The number of hydrogen-bond donors (Lipinski definition) is 1. The van der Waals surface area contributed by atoms with Gasteiger partial charge in [-0.2, -0.15) is 4.98 Å². The molecular weight excluding hydrogens is 278 g/mol. The van der Waals surface area contributed by atoms with E-state index in [1.165, 1.54) is 0 Å². The zero-order valence-corrected chi connectivity index (χ0v) is 12.1. The number of carboxylic acids is 1. The summed E-state index contributed by atoms with van der Waals surface area (Å²) in [4.78, 5) is 17.8. The molecule has 0 unspecified atom stereocenters. The van der Waals surface area contributed by atoms with Crippen LogP contribution in [0.25, 0.3) is 10.7 Å². The zero-order chi connectivity index (χ0) is 14.4. The lowest BCUT2D eigenvalue weighted by atomic mass is 10.3. The predicted molar refractivity (Wildman–Crippen MR) is 75.7 cm³/mol. The standard InChI is InChI=1S/C13H17N3O3S/c1-16(8-6-12(17)18)7-2-5-11-14-13(15-19-11)10-4-3-9-20-10/h3-4,9H,2,5-8H2,1H3,(H,17,18). The number of aromatic nitrogens is 2. The molecular formula is C13H17N3O3S. The summed E-state index contributed by atoms with van der Waals surface area (Å²) < 4.78 is 5.20. The van der Waals surface area contributed by atoms with Crippen LogP contribution in [0.1, 0.15) is 18.7 Å². The van der Waals surface area contributed by atoms with Gasteiger partial charge in [0.2, 0.25) is 11.7 Å². The van der Waals surface area contributed by atoms with Gasteiger partial charge in [0.1, 0.15) is 0 Å². The van der Waals surface area contributed by atoms with E-state index in [0.29, 0.717) is 24.7 Å². The van der Waals surface area contributed by atoms with Gasteiger partial charge in [0.15, 0.2) is 0 Å². The van der Waals surface area contributed by atoms with E-state index in [4.69, 9.17) is 9.63 Å². The smallest absolute Gasteiger partial charge is 0.304 e. The Balaban J connectivity index is 1.73. The summed E-state index contributed by atoms with van der Waals surface area (Å²) in [6.45, 7) is 1.36. The highest BCUT2D eigenvalue weighted by Crippen LogP contribution is 2.21. The highest BCUT2D eigenvalue weighted by Gasteiger charge is 2.09. The molecule has 0 amide bonds. The first-order valence-electron chi connectivity index (χ1n) is 6.42. The summed E-state index contributed by atoms with van der Waals surface area (Å²) in [6, 6.07) is 3.91. The van der Waals surface area contributed by atoms with Gasteiger partial charge in [-0.1, -0.05) is 11.2 Å². The highest BCUT2D eigenvalue weighted by atomic mass is 32.1. The maximum atomic E-state index is 10.5. The van der Waals surface area contributed by atoms with E-state index >= 15 is 0 Å². The molecule has 0 fully saturated rings. The van der Waals surface area contributed by atoms with Crippen LogP contribution in [0, 0.1) is 0 Å². The lowest BCUT2D eigenvalue weighted by Gasteiger charge is -2.13. The van der Waals surface area contributed by atoms with E-state index in [9.17, 15) is 4.79 Å². The second kappa shape index (κ2) is 7.16. The highest BCUT2D eigenvalue weighted by molar-refractivity contribution is 7.13. The van der Waals surface area contributed by atoms with Crippen LogP contribution in [-0.4, -0.2) is 46.3 Å². The normalized spacial score (nSPS) is 11.1. The molecule has 0 radical (unpaired) electrons. The minimum absolute atomic E-state index is 0.166. The van der Waals surface area contributed by atoms with Crippen LogP contribution in [-0.2, 0) is 11.2 Å². The van der Waals surface area contributed by atoms with Gasteiger partial charge >= 0.3 is 5.97 Å². The van der Waals surface area contributed by atoms with Crippen molar-refractivity contribution < 1.29 is 14.4 Å². The molecule has 2 aromatic rings. The second-order valence-corrected chi connectivity index (χ2v) is 5.49. The minimum atomic E-state index is -0.769. The van der Waals surface area contributed by atoms with Gasteiger partial charge in [0.25, 0.3) is 0 Å². The number of hydrogen-bond acceptors (Lipinski definition) is 6. The van der Waals surface area contributed by atoms with E-state index in [-0.39, 0.29) is 6.42 Å². The second-order valence-electron chi connectivity index (χ2n) is 4.54. The summed E-state index contributed by atoms with van der Waals surface area (Å²) in [5.41, 5.74) is 0. The molecule has 0 saturated carbocycles. The molecule has 0 atom stereocenters. The number of aliphatic carboxylic acids is 1. The van der Waals surface area contributed by atoms with Crippen LogP contribution in [0.5, 0.6) is 0 Å². The van der Waals surface area contributed by atoms with E-state index < -0.39 is 5.97 Å². The third kappa shape index (κ3) is 4.43. The summed E-state index contributed by atoms with van der Waals surface area (Å²) >= 11 is 1.58. The quantitative estimate of drug-likeness (QED) is 0.803. The maximum absolute atomic E-state index is 10.5. The van der Waals surface area contributed by atoms with Crippen LogP contribution >= 0.6 is 11.3 Å². The number of nitrogens with zero attached hydrogens (tertiary/aromatic N) is 3. The number of rotatable bonds is 8. The molecule has 2 heterocycles. The Bertz CT molecular complexity index is 539. The molecule has 0 aliphatic carbocycles. The topological polar surface area (TPSA) is 79.5 Å². The molecule has 0 aromatic carbocycles. The first-order chi connectivity index (χ1) is 9.65. The molecule has 0 aliphatic rings. The predicted octanol–water partition coefficient (Wildman–Crippen LogP) is 2.14. The molecule has 108 valence electrons. The number of aryl methyl sites for hydroxylation is 1. The Kier molecular flexibility index (Phi) is 5.25. The summed E-state index contributed by atoms with van der Waals surface area (Å²) in [5.74, 6) is 0.489. The van der Waals surface area contributed by atoms with Crippen molar-refractivity contribution >= 4 is 17.3 Å². The van der Waals surface area contributed by atoms with Gasteiger partial charge in [0.05, 0.1) is 11.3 Å². The molecule has 6 nitrogen and oxygen atoms in total. The first kappa shape index (κ1) is 14.7. The number of carbonyl (C=O) groups is 1. The van der Waals surface area contributed by atoms with Crippen LogP contribution in [0.15, 0.2) is 22.0 Å². The fourth-order valence-electron chi connectivity index (χ4n) is 1.76. The Hall–Kier alpha value is -1.73. The van der Waals surface area contributed by atoms with E-state index in [1.807, 2.05) is 29.5 Å². The number of thiophene rings is 1. The Morgan fingerprint density at radius 2 is 2.35 bits per heavy atom. The fraction of sp³-hybridized carbons (Fsp3) is 0.462. The summed E-state index contributed by atoms with van der Waals surface area (Å²) in [7, 11) is 1.91. The van der Waals surface area contributed by atoms with Gasteiger partial charge < -0.3 is 14.5 Å². The van der Waals surface area contributed by atoms with Gasteiger partial charge in [-0.05, 0) is 31.5 Å². The average Bonchev–Trinajstić information content (AvgIpc) is 3.06. The largest absolute Gasteiger partial charge is 0.481 e. The summed E-state index contributed by atoms with van der Waals surface area (Å²) in [5, 5.41) is 14.5. The lowest BCUT2D eigenvalue weighted by molar-refractivity contribution is -0.137. The molecule has 2 rings (SSSR count). The Morgan fingerprint density at radius 1 is 1.50 bits per heavy atom. The molecule has 0 bridgehead atoms. The first-order valence-corrected chi connectivity index (χ1v) is 7.30. The Morgan fingerprint density at radius 3 is 3.05 bits per heavy atom. The van der Waals surface area contributed by atoms with Crippen molar-refractivity contribution in [3.63, 3.8) is 0 Å². The van der Waals surface area contributed by atoms with Crippen molar-refractivity contribution in [2.45, 2.75) is 19.3 Å². The third-order valence-electron chi connectivity index (χ3n) is 2.85. The molecule has 1 N–H and O–H groups in total. The summed E-state index contributed by atoms with van der Waals surface area (Å²) in [6.07, 6.45) is 1.73.